The summed E-state index contributed by atoms with van der Waals surface area (Å²) in [4.78, 5) is 16.6. The van der Waals surface area contributed by atoms with Crippen molar-refractivity contribution in [3.05, 3.63) is 64.9 Å². The van der Waals surface area contributed by atoms with Gasteiger partial charge in [0.15, 0.2) is 0 Å². The maximum atomic E-state index is 13.7. The lowest BCUT2D eigenvalue weighted by atomic mass is 10.2. The number of halogens is 1. The predicted molar refractivity (Wildman–Crippen MR) is 93.2 cm³/mol. The standard InChI is InChI=1S/C18H15FN2O2S/c1-11-3-8-14(19)15(9-11)20-17(22)16-10-24-18(21-16)12-4-6-13(23-2)7-5-12/h3-10H,1-2H3,(H,20,22). The highest BCUT2D eigenvalue weighted by Crippen LogP contribution is 2.26. The van der Waals surface area contributed by atoms with Gasteiger partial charge < -0.3 is 10.1 Å². The van der Waals surface area contributed by atoms with Crippen molar-refractivity contribution >= 4 is 22.9 Å². The first-order valence-electron chi connectivity index (χ1n) is 7.24. The second-order valence-electron chi connectivity index (χ2n) is 5.20. The van der Waals surface area contributed by atoms with Gasteiger partial charge in [-0.2, -0.15) is 0 Å². The first kappa shape index (κ1) is 16.1. The number of amides is 1. The molecule has 6 heteroatoms. The van der Waals surface area contributed by atoms with Gasteiger partial charge >= 0.3 is 0 Å². The van der Waals surface area contributed by atoms with Crippen LogP contribution in [0.15, 0.2) is 47.8 Å². The Kier molecular flexibility index (Phi) is 4.57. The monoisotopic (exact) mass is 342 g/mol. The molecule has 122 valence electrons. The fourth-order valence-corrected chi connectivity index (χ4v) is 2.97. The summed E-state index contributed by atoms with van der Waals surface area (Å²) in [6.07, 6.45) is 0. The van der Waals surface area contributed by atoms with Gasteiger partial charge in [0.25, 0.3) is 5.91 Å². The molecule has 0 radical (unpaired) electrons. The number of aromatic nitrogens is 1. The Hall–Kier alpha value is -2.73. The molecule has 3 aromatic rings. The Balaban J connectivity index is 1.79. The smallest absolute Gasteiger partial charge is 0.275 e. The summed E-state index contributed by atoms with van der Waals surface area (Å²) < 4.78 is 18.9. The third-order valence-electron chi connectivity index (χ3n) is 3.44. The SMILES string of the molecule is COc1ccc(-c2nc(C(=O)Nc3cc(C)ccc3F)cs2)cc1. The summed E-state index contributed by atoms with van der Waals surface area (Å²) in [6, 6.07) is 12.0. The number of hydrogen-bond donors (Lipinski definition) is 1. The molecule has 0 bridgehead atoms. The number of hydrogen-bond acceptors (Lipinski definition) is 4. The van der Waals surface area contributed by atoms with E-state index < -0.39 is 11.7 Å². The molecule has 24 heavy (non-hydrogen) atoms. The molecule has 0 unspecified atom stereocenters. The van der Waals surface area contributed by atoms with Crippen molar-refractivity contribution < 1.29 is 13.9 Å². The highest BCUT2D eigenvalue weighted by molar-refractivity contribution is 7.13. The summed E-state index contributed by atoms with van der Waals surface area (Å²) >= 11 is 1.36. The quantitative estimate of drug-likeness (QED) is 0.758. The van der Waals surface area contributed by atoms with E-state index in [9.17, 15) is 9.18 Å². The lowest BCUT2D eigenvalue weighted by molar-refractivity contribution is 0.102. The van der Waals surface area contributed by atoms with Crippen molar-refractivity contribution in [3.8, 4) is 16.3 Å². The van der Waals surface area contributed by atoms with Gasteiger partial charge in [0, 0.05) is 10.9 Å². The summed E-state index contributed by atoms with van der Waals surface area (Å²) in [5, 5.41) is 4.93. The highest BCUT2D eigenvalue weighted by atomic mass is 32.1. The minimum Gasteiger partial charge on any atom is -0.497 e. The van der Waals surface area contributed by atoms with Gasteiger partial charge in [-0.1, -0.05) is 6.07 Å². The molecule has 1 amide bonds. The topological polar surface area (TPSA) is 51.2 Å². The number of nitrogens with zero attached hydrogens (tertiary/aromatic N) is 1. The molecule has 0 aliphatic carbocycles. The molecule has 1 N–H and O–H groups in total. The van der Waals surface area contributed by atoms with E-state index in [1.165, 1.54) is 17.4 Å². The Morgan fingerprint density at radius 3 is 2.67 bits per heavy atom. The van der Waals surface area contributed by atoms with Crippen molar-refractivity contribution in [2.75, 3.05) is 12.4 Å². The number of thiazole rings is 1. The van der Waals surface area contributed by atoms with E-state index >= 15 is 0 Å². The van der Waals surface area contributed by atoms with E-state index in [4.69, 9.17) is 4.74 Å². The van der Waals surface area contributed by atoms with Crippen LogP contribution in [0.2, 0.25) is 0 Å². The fourth-order valence-electron chi connectivity index (χ4n) is 2.17. The molecule has 1 heterocycles. The largest absolute Gasteiger partial charge is 0.497 e. The maximum Gasteiger partial charge on any atom is 0.275 e. The molecule has 0 fully saturated rings. The first-order chi connectivity index (χ1) is 11.6. The molecule has 3 rings (SSSR count). The van der Waals surface area contributed by atoms with E-state index in [0.717, 1.165) is 16.9 Å². The van der Waals surface area contributed by atoms with Crippen LogP contribution in [0.4, 0.5) is 10.1 Å². The molecule has 4 nitrogen and oxygen atoms in total. The number of rotatable bonds is 4. The van der Waals surface area contributed by atoms with Crippen molar-refractivity contribution in [2.45, 2.75) is 6.92 Å². The van der Waals surface area contributed by atoms with Crippen LogP contribution in [0, 0.1) is 12.7 Å². The minimum atomic E-state index is -0.473. The van der Waals surface area contributed by atoms with Gasteiger partial charge in [-0.3, -0.25) is 4.79 Å². The average molecular weight is 342 g/mol. The van der Waals surface area contributed by atoms with Crippen LogP contribution in [0.5, 0.6) is 5.75 Å². The van der Waals surface area contributed by atoms with Crippen LogP contribution >= 0.6 is 11.3 Å². The maximum absolute atomic E-state index is 13.7. The normalized spacial score (nSPS) is 10.5. The van der Waals surface area contributed by atoms with E-state index in [0.29, 0.717) is 5.01 Å². The average Bonchev–Trinajstić information content (AvgIpc) is 3.08. The number of carbonyl (C=O) groups is 1. The summed E-state index contributed by atoms with van der Waals surface area (Å²) in [7, 11) is 1.60. The van der Waals surface area contributed by atoms with Crippen LogP contribution in [0.3, 0.4) is 0 Å². The second-order valence-corrected chi connectivity index (χ2v) is 6.06. The molecular formula is C18H15FN2O2S. The van der Waals surface area contributed by atoms with Crippen LogP contribution in [-0.2, 0) is 0 Å². The summed E-state index contributed by atoms with van der Waals surface area (Å²) in [6.45, 7) is 1.83. The molecule has 2 aromatic carbocycles. The number of methoxy groups -OCH3 is 1. The number of aryl methyl sites for hydroxylation is 1. The van der Waals surface area contributed by atoms with Crippen molar-refractivity contribution in [1.82, 2.24) is 4.98 Å². The Morgan fingerprint density at radius 2 is 1.96 bits per heavy atom. The minimum absolute atomic E-state index is 0.152. The zero-order valence-corrected chi connectivity index (χ0v) is 14.0. The second kappa shape index (κ2) is 6.80. The zero-order valence-electron chi connectivity index (χ0n) is 13.2. The lowest BCUT2D eigenvalue weighted by Gasteiger charge is -2.05. The van der Waals surface area contributed by atoms with Crippen molar-refractivity contribution in [3.63, 3.8) is 0 Å². The number of carbonyl (C=O) groups excluding carboxylic acids is 1. The molecular weight excluding hydrogens is 327 g/mol. The van der Waals surface area contributed by atoms with E-state index in [1.807, 2.05) is 31.2 Å². The number of nitrogens with one attached hydrogen (secondary N) is 1. The van der Waals surface area contributed by atoms with Crippen LogP contribution in [0.1, 0.15) is 16.1 Å². The van der Waals surface area contributed by atoms with E-state index in [1.54, 1.807) is 24.6 Å². The third kappa shape index (κ3) is 3.44. The fraction of sp³-hybridized carbons (Fsp3) is 0.111. The van der Waals surface area contributed by atoms with E-state index in [2.05, 4.69) is 10.3 Å². The number of ether oxygens (including phenoxy) is 1. The molecule has 1 aromatic heterocycles. The molecule has 0 atom stereocenters. The highest BCUT2D eigenvalue weighted by Gasteiger charge is 2.14. The van der Waals surface area contributed by atoms with Crippen LogP contribution in [0.25, 0.3) is 10.6 Å². The van der Waals surface area contributed by atoms with Crippen molar-refractivity contribution in [2.24, 2.45) is 0 Å². The number of anilines is 1. The van der Waals surface area contributed by atoms with Gasteiger partial charge in [0.05, 0.1) is 12.8 Å². The third-order valence-corrected chi connectivity index (χ3v) is 4.34. The Morgan fingerprint density at radius 1 is 1.21 bits per heavy atom. The van der Waals surface area contributed by atoms with Gasteiger partial charge in [-0.05, 0) is 48.9 Å². The van der Waals surface area contributed by atoms with Gasteiger partial charge in [0.2, 0.25) is 0 Å². The van der Waals surface area contributed by atoms with Crippen LogP contribution in [-0.4, -0.2) is 18.0 Å². The van der Waals surface area contributed by atoms with Crippen molar-refractivity contribution in [1.29, 1.82) is 0 Å². The molecule has 0 aliphatic heterocycles. The molecule has 0 aliphatic rings. The molecule has 0 saturated heterocycles. The molecule has 0 saturated carbocycles. The van der Waals surface area contributed by atoms with Crippen LogP contribution < -0.4 is 10.1 Å². The zero-order chi connectivity index (χ0) is 17.1. The Bertz CT molecular complexity index is 875. The molecule has 0 spiro atoms. The summed E-state index contributed by atoms with van der Waals surface area (Å²) in [5.74, 6) is -0.154. The summed E-state index contributed by atoms with van der Waals surface area (Å²) in [5.41, 5.74) is 2.16. The van der Waals surface area contributed by atoms with Gasteiger partial charge in [-0.15, -0.1) is 11.3 Å². The van der Waals surface area contributed by atoms with Gasteiger partial charge in [0.1, 0.15) is 22.3 Å². The van der Waals surface area contributed by atoms with Gasteiger partial charge in [-0.25, -0.2) is 9.37 Å². The number of benzene rings is 2. The lowest BCUT2D eigenvalue weighted by Crippen LogP contribution is -2.13. The van der Waals surface area contributed by atoms with E-state index in [-0.39, 0.29) is 11.4 Å². The Labute approximate surface area is 142 Å². The first-order valence-corrected chi connectivity index (χ1v) is 8.12. The predicted octanol–water partition coefficient (Wildman–Crippen LogP) is 4.52.